The van der Waals surface area contributed by atoms with Crippen LogP contribution in [0.1, 0.15) is 36.7 Å². The molecule has 1 unspecified atom stereocenters. The molecule has 0 fully saturated rings. The van der Waals surface area contributed by atoms with Crippen LogP contribution in [0.4, 0.5) is 13.2 Å². The molecule has 1 aromatic heterocycles. The zero-order valence-electron chi connectivity index (χ0n) is 10.2. The van der Waals surface area contributed by atoms with Gasteiger partial charge in [0.05, 0.1) is 11.1 Å². The van der Waals surface area contributed by atoms with Crippen molar-refractivity contribution >= 4 is 5.78 Å². The molecule has 1 rings (SSSR count). The van der Waals surface area contributed by atoms with Crippen LogP contribution in [-0.2, 0) is 6.18 Å². The fourth-order valence-corrected chi connectivity index (χ4v) is 1.38. The van der Waals surface area contributed by atoms with Crippen LogP contribution >= 0.6 is 0 Å². The first-order valence-corrected chi connectivity index (χ1v) is 5.28. The smallest absolute Gasteiger partial charge is 0.384 e. The number of aliphatic hydroxyl groups excluding tert-OH is 1. The van der Waals surface area contributed by atoms with Gasteiger partial charge in [0.25, 0.3) is 0 Å². The van der Waals surface area contributed by atoms with E-state index in [9.17, 15) is 23.1 Å². The first-order valence-electron chi connectivity index (χ1n) is 5.28. The van der Waals surface area contributed by atoms with Gasteiger partial charge in [-0.25, -0.2) is 0 Å². The van der Waals surface area contributed by atoms with Crippen LogP contribution in [0.15, 0.2) is 18.5 Å². The second-order valence-electron chi connectivity index (χ2n) is 5.05. The molecule has 6 heteroatoms. The summed E-state index contributed by atoms with van der Waals surface area (Å²) in [7, 11) is 0. The van der Waals surface area contributed by atoms with Gasteiger partial charge in [-0.1, -0.05) is 20.8 Å². The highest BCUT2D eigenvalue weighted by atomic mass is 19.4. The molecule has 0 aliphatic carbocycles. The maximum absolute atomic E-state index is 12.7. The fourth-order valence-electron chi connectivity index (χ4n) is 1.38. The lowest BCUT2D eigenvalue weighted by atomic mass is 9.84. The zero-order valence-corrected chi connectivity index (χ0v) is 10.2. The van der Waals surface area contributed by atoms with Gasteiger partial charge in [-0.05, 0) is 11.5 Å². The number of alkyl halides is 3. The number of halogens is 3. The Hall–Kier alpha value is -1.43. The molecule has 1 N–H and O–H groups in total. The van der Waals surface area contributed by atoms with Gasteiger partial charge in [0, 0.05) is 12.4 Å². The molecule has 0 bridgehead atoms. The minimum Gasteiger partial charge on any atom is -0.384 e. The summed E-state index contributed by atoms with van der Waals surface area (Å²) in [4.78, 5) is 15.4. The molecule has 0 aromatic carbocycles. The molecular formula is C12H14F3NO2. The van der Waals surface area contributed by atoms with Crippen molar-refractivity contribution in [2.24, 2.45) is 5.41 Å². The van der Waals surface area contributed by atoms with Gasteiger partial charge in [0.15, 0.2) is 5.78 Å². The maximum Gasteiger partial charge on any atom is 0.417 e. The number of aliphatic hydroxyl groups is 1. The molecule has 0 spiro atoms. The van der Waals surface area contributed by atoms with Gasteiger partial charge in [-0.15, -0.1) is 0 Å². The minimum absolute atomic E-state index is 0.604. The van der Waals surface area contributed by atoms with Crippen LogP contribution in [0.25, 0.3) is 0 Å². The Morgan fingerprint density at radius 1 is 1.33 bits per heavy atom. The van der Waals surface area contributed by atoms with Crippen LogP contribution in [0.2, 0.25) is 0 Å². The van der Waals surface area contributed by atoms with Gasteiger partial charge in [-0.3, -0.25) is 9.78 Å². The number of hydrogen-bond donors (Lipinski definition) is 1. The molecule has 100 valence electrons. The summed E-state index contributed by atoms with van der Waals surface area (Å²) in [5.41, 5.74) is -2.52. The van der Waals surface area contributed by atoms with E-state index in [1.165, 1.54) is 0 Å². The normalized spacial score (nSPS) is 14.4. The van der Waals surface area contributed by atoms with Gasteiger partial charge < -0.3 is 5.11 Å². The van der Waals surface area contributed by atoms with Crippen LogP contribution in [0.3, 0.4) is 0 Å². The molecule has 0 radical (unpaired) electrons. The molecule has 0 saturated carbocycles. The molecule has 1 heterocycles. The SMILES string of the molecule is CC(C)(C)C(O)C(=O)c1cnccc1C(F)(F)F. The topological polar surface area (TPSA) is 50.2 Å². The predicted octanol–water partition coefficient (Wildman–Crippen LogP) is 2.69. The van der Waals surface area contributed by atoms with E-state index >= 15 is 0 Å². The van der Waals surface area contributed by atoms with Gasteiger partial charge in [0.1, 0.15) is 6.10 Å². The van der Waals surface area contributed by atoms with E-state index in [1.807, 2.05) is 0 Å². The summed E-state index contributed by atoms with van der Waals surface area (Å²) in [5.74, 6) is -0.970. The lowest BCUT2D eigenvalue weighted by Crippen LogP contribution is -2.35. The Kier molecular flexibility index (Phi) is 3.81. The van der Waals surface area contributed by atoms with E-state index in [4.69, 9.17) is 0 Å². The number of Topliss-reactive ketones (excluding diaryl/α,β-unsaturated/α-hetero) is 1. The van der Waals surface area contributed by atoms with Crippen molar-refractivity contribution in [1.29, 1.82) is 0 Å². The third-order valence-corrected chi connectivity index (χ3v) is 2.46. The largest absolute Gasteiger partial charge is 0.417 e. The average Bonchev–Trinajstić information content (AvgIpc) is 2.24. The van der Waals surface area contributed by atoms with Crippen LogP contribution < -0.4 is 0 Å². The third-order valence-electron chi connectivity index (χ3n) is 2.46. The molecule has 0 saturated heterocycles. The maximum atomic E-state index is 12.7. The average molecular weight is 261 g/mol. The summed E-state index contributed by atoms with van der Waals surface area (Å²) in [6, 6.07) is 0.725. The van der Waals surface area contributed by atoms with Gasteiger partial charge in [0.2, 0.25) is 0 Å². The van der Waals surface area contributed by atoms with Crippen LogP contribution in [0, 0.1) is 5.41 Å². The minimum atomic E-state index is -4.65. The van der Waals surface area contributed by atoms with E-state index in [0.717, 1.165) is 18.5 Å². The molecular weight excluding hydrogens is 247 g/mol. The standard InChI is InChI=1S/C12H14F3NO2/c1-11(2,3)10(18)9(17)7-6-16-5-4-8(7)12(13,14)15/h4-6,10,18H,1-3H3. The number of carbonyl (C=O) groups excluding carboxylic acids is 1. The second kappa shape index (κ2) is 4.68. The molecule has 1 atom stereocenters. The summed E-state index contributed by atoms with van der Waals surface area (Å²) in [5, 5.41) is 9.75. The Balaban J connectivity index is 3.23. The molecule has 1 aromatic rings. The Labute approximate surface area is 103 Å². The number of nitrogens with zero attached hydrogens (tertiary/aromatic N) is 1. The first kappa shape index (κ1) is 14.6. The van der Waals surface area contributed by atoms with Crippen molar-refractivity contribution < 1.29 is 23.1 Å². The second-order valence-corrected chi connectivity index (χ2v) is 5.05. The van der Waals surface area contributed by atoms with E-state index in [2.05, 4.69) is 4.98 Å². The number of pyridine rings is 1. The Bertz CT molecular complexity index is 449. The van der Waals surface area contributed by atoms with Crippen molar-refractivity contribution in [1.82, 2.24) is 4.98 Å². The van der Waals surface area contributed by atoms with Gasteiger partial charge >= 0.3 is 6.18 Å². The van der Waals surface area contributed by atoms with Crippen molar-refractivity contribution in [3.8, 4) is 0 Å². The van der Waals surface area contributed by atoms with E-state index in [-0.39, 0.29) is 0 Å². The Morgan fingerprint density at radius 2 is 1.89 bits per heavy atom. The number of carbonyl (C=O) groups is 1. The Morgan fingerprint density at radius 3 is 2.33 bits per heavy atom. The molecule has 18 heavy (non-hydrogen) atoms. The number of ketones is 1. The van der Waals surface area contributed by atoms with Crippen LogP contribution in [0.5, 0.6) is 0 Å². The molecule has 0 aliphatic rings. The highest BCUT2D eigenvalue weighted by molar-refractivity contribution is 6.00. The predicted molar refractivity (Wildman–Crippen MR) is 59.0 cm³/mol. The number of hydrogen-bond acceptors (Lipinski definition) is 3. The van der Waals surface area contributed by atoms with E-state index in [0.29, 0.717) is 0 Å². The van der Waals surface area contributed by atoms with Crippen molar-refractivity contribution in [2.45, 2.75) is 33.1 Å². The zero-order chi connectivity index (χ0) is 14.1. The fraction of sp³-hybridized carbons (Fsp3) is 0.500. The summed E-state index contributed by atoms with van der Waals surface area (Å²) in [6.07, 6.45) is -4.36. The summed E-state index contributed by atoms with van der Waals surface area (Å²) < 4.78 is 38.1. The summed E-state index contributed by atoms with van der Waals surface area (Å²) in [6.45, 7) is 4.71. The van der Waals surface area contributed by atoms with Gasteiger partial charge in [-0.2, -0.15) is 13.2 Å². The van der Waals surface area contributed by atoms with Crippen molar-refractivity contribution in [3.05, 3.63) is 29.6 Å². The first-order chi connectivity index (χ1) is 8.05. The van der Waals surface area contributed by atoms with Crippen molar-refractivity contribution in [2.75, 3.05) is 0 Å². The highest BCUT2D eigenvalue weighted by Gasteiger charge is 2.38. The molecule has 0 amide bonds. The lowest BCUT2D eigenvalue weighted by Gasteiger charge is -2.25. The van der Waals surface area contributed by atoms with Crippen molar-refractivity contribution in [3.63, 3.8) is 0 Å². The van der Waals surface area contributed by atoms with Crippen LogP contribution in [-0.4, -0.2) is 22.0 Å². The third kappa shape index (κ3) is 3.07. The number of rotatable bonds is 2. The quantitative estimate of drug-likeness (QED) is 0.833. The summed E-state index contributed by atoms with van der Waals surface area (Å²) >= 11 is 0. The highest BCUT2D eigenvalue weighted by Crippen LogP contribution is 2.33. The van der Waals surface area contributed by atoms with E-state index in [1.54, 1.807) is 20.8 Å². The number of aromatic nitrogens is 1. The monoisotopic (exact) mass is 261 g/mol. The molecule has 3 nitrogen and oxygen atoms in total. The lowest BCUT2D eigenvalue weighted by molar-refractivity contribution is -0.138. The molecule has 0 aliphatic heterocycles. The van der Waals surface area contributed by atoms with E-state index < -0.39 is 34.6 Å².